The van der Waals surface area contributed by atoms with E-state index in [1.165, 1.54) is 5.56 Å². The molecule has 0 bridgehead atoms. The van der Waals surface area contributed by atoms with Gasteiger partial charge in [-0.2, -0.15) is 0 Å². The molecule has 0 saturated heterocycles. The fourth-order valence-electron chi connectivity index (χ4n) is 2.45. The zero-order valence-electron chi connectivity index (χ0n) is 16.1. The van der Waals surface area contributed by atoms with Crippen LogP contribution < -0.4 is 20.7 Å². The van der Waals surface area contributed by atoms with Gasteiger partial charge in [-0.25, -0.2) is 4.98 Å². The molecule has 0 atom stereocenters. The Balaban J connectivity index is 1.66. The van der Waals surface area contributed by atoms with Crippen LogP contribution >= 0.6 is 0 Å². The molecule has 2 rings (SSSR count). The SMILES string of the molecule is CN=C(NCCC(=O)Nc1cccc(C)n1)NCCc1ccc(OC)cc1. The Morgan fingerprint density at radius 2 is 1.85 bits per heavy atom. The van der Waals surface area contributed by atoms with Crippen LogP contribution in [0.15, 0.2) is 47.5 Å². The molecule has 7 nitrogen and oxygen atoms in total. The van der Waals surface area contributed by atoms with E-state index < -0.39 is 0 Å². The van der Waals surface area contributed by atoms with Gasteiger partial charge in [0, 0.05) is 32.3 Å². The molecule has 0 aliphatic rings. The number of carbonyl (C=O) groups excluding carboxylic acids is 1. The van der Waals surface area contributed by atoms with Gasteiger partial charge in [-0.15, -0.1) is 0 Å². The van der Waals surface area contributed by atoms with Crippen LogP contribution in [0.1, 0.15) is 17.7 Å². The second-order valence-corrected chi connectivity index (χ2v) is 5.99. The molecule has 1 aromatic heterocycles. The first-order chi connectivity index (χ1) is 13.1. The van der Waals surface area contributed by atoms with Crippen molar-refractivity contribution >= 4 is 17.7 Å². The molecule has 27 heavy (non-hydrogen) atoms. The molecular formula is C20H27N5O2. The van der Waals surface area contributed by atoms with Gasteiger partial charge in [0.25, 0.3) is 0 Å². The molecule has 0 unspecified atom stereocenters. The summed E-state index contributed by atoms with van der Waals surface area (Å²) in [5.74, 6) is 2.00. The van der Waals surface area contributed by atoms with Crippen molar-refractivity contribution < 1.29 is 9.53 Å². The minimum atomic E-state index is -0.0886. The molecule has 3 N–H and O–H groups in total. The van der Waals surface area contributed by atoms with E-state index in [0.29, 0.717) is 24.7 Å². The van der Waals surface area contributed by atoms with Gasteiger partial charge >= 0.3 is 0 Å². The maximum atomic E-state index is 12.0. The first kappa shape index (κ1) is 20.2. The Morgan fingerprint density at radius 1 is 1.11 bits per heavy atom. The van der Waals surface area contributed by atoms with Gasteiger partial charge in [0.1, 0.15) is 11.6 Å². The van der Waals surface area contributed by atoms with Gasteiger partial charge in [-0.1, -0.05) is 18.2 Å². The van der Waals surface area contributed by atoms with E-state index in [1.807, 2.05) is 43.3 Å². The summed E-state index contributed by atoms with van der Waals surface area (Å²) in [5, 5.41) is 9.17. The van der Waals surface area contributed by atoms with Crippen LogP contribution in [-0.2, 0) is 11.2 Å². The Labute approximate surface area is 160 Å². The third-order valence-electron chi connectivity index (χ3n) is 3.89. The predicted octanol–water partition coefficient (Wildman–Crippen LogP) is 2.13. The fraction of sp³-hybridized carbons (Fsp3) is 0.350. The number of nitrogens with zero attached hydrogens (tertiary/aromatic N) is 2. The van der Waals surface area contributed by atoms with E-state index in [-0.39, 0.29) is 5.91 Å². The number of aryl methyl sites for hydroxylation is 1. The standard InChI is InChI=1S/C20H27N5O2/c1-15-5-4-6-18(24-15)25-19(26)12-14-23-20(21-2)22-13-11-16-7-9-17(27-3)10-8-16/h4-10H,11-14H2,1-3H3,(H2,21,22,23)(H,24,25,26). The highest BCUT2D eigenvalue weighted by atomic mass is 16.5. The van der Waals surface area contributed by atoms with Gasteiger partial charge in [0.15, 0.2) is 5.96 Å². The molecule has 0 radical (unpaired) electrons. The largest absolute Gasteiger partial charge is 0.497 e. The van der Waals surface area contributed by atoms with Crippen LogP contribution in [0.4, 0.5) is 5.82 Å². The first-order valence-corrected chi connectivity index (χ1v) is 8.91. The number of carbonyl (C=O) groups is 1. The number of rotatable bonds is 8. The lowest BCUT2D eigenvalue weighted by molar-refractivity contribution is -0.116. The number of aromatic nitrogens is 1. The van der Waals surface area contributed by atoms with Crippen LogP contribution in [0, 0.1) is 6.92 Å². The van der Waals surface area contributed by atoms with Crippen molar-refractivity contribution in [2.75, 3.05) is 32.6 Å². The number of pyridine rings is 1. The minimum absolute atomic E-state index is 0.0886. The summed E-state index contributed by atoms with van der Waals surface area (Å²) in [6.45, 7) is 3.12. The normalized spacial score (nSPS) is 11.0. The van der Waals surface area contributed by atoms with Gasteiger partial charge in [0.2, 0.25) is 5.91 Å². The van der Waals surface area contributed by atoms with Crippen molar-refractivity contribution in [2.24, 2.45) is 4.99 Å². The average molecular weight is 369 g/mol. The number of benzene rings is 1. The zero-order chi connectivity index (χ0) is 19.5. The summed E-state index contributed by atoms with van der Waals surface area (Å²) in [5.41, 5.74) is 2.08. The predicted molar refractivity (Wildman–Crippen MR) is 108 cm³/mol. The van der Waals surface area contributed by atoms with Gasteiger partial charge in [-0.05, 0) is 43.2 Å². The van der Waals surface area contributed by atoms with E-state index >= 15 is 0 Å². The maximum Gasteiger partial charge on any atom is 0.227 e. The van der Waals surface area contributed by atoms with Crippen LogP contribution in [0.5, 0.6) is 5.75 Å². The molecule has 7 heteroatoms. The van der Waals surface area contributed by atoms with Crippen molar-refractivity contribution in [3.8, 4) is 5.75 Å². The average Bonchev–Trinajstić information content (AvgIpc) is 2.67. The van der Waals surface area contributed by atoms with Crippen molar-refractivity contribution in [3.63, 3.8) is 0 Å². The second kappa shape index (κ2) is 10.8. The number of guanidine groups is 1. The molecular weight excluding hydrogens is 342 g/mol. The molecule has 2 aromatic rings. The molecule has 0 spiro atoms. The van der Waals surface area contributed by atoms with E-state index in [2.05, 4.69) is 25.9 Å². The van der Waals surface area contributed by atoms with Gasteiger partial charge in [0.05, 0.1) is 7.11 Å². The summed E-state index contributed by atoms with van der Waals surface area (Å²) in [6, 6.07) is 13.5. The topological polar surface area (TPSA) is 87.6 Å². The van der Waals surface area contributed by atoms with E-state index in [1.54, 1.807) is 20.2 Å². The molecule has 1 heterocycles. The van der Waals surface area contributed by atoms with Crippen LogP contribution in [0.3, 0.4) is 0 Å². The number of hydrogen-bond acceptors (Lipinski definition) is 4. The Bertz CT molecular complexity index is 759. The number of ether oxygens (including phenoxy) is 1. The van der Waals surface area contributed by atoms with Crippen molar-refractivity contribution in [1.29, 1.82) is 0 Å². The lowest BCUT2D eigenvalue weighted by atomic mass is 10.1. The van der Waals surface area contributed by atoms with Crippen molar-refractivity contribution in [2.45, 2.75) is 19.8 Å². The lowest BCUT2D eigenvalue weighted by Gasteiger charge is -2.12. The Hall–Kier alpha value is -3.09. The Kier molecular flexibility index (Phi) is 8.09. The quantitative estimate of drug-likeness (QED) is 0.490. The highest BCUT2D eigenvalue weighted by molar-refractivity contribution is 5.90. The fourth-order valence-corrected chi connectivity index (χ4v) is 2.45. The molecule has 0 aliphatic heterocycles. The molecule has 0 saturated carbocycles. The zero-order valence-corrected chi connectivity index (χ0v) is 16.1. The Morgan fingerprint density at radius 3 is 2.52 bits per heavy atom. The van der Waals surface area contributed by atoms with Gasteiger partial charge in [-0.3, -0.25) is 9.79 Å². The summed E-state index contributed by atoms with van der Waals surface area (Å²) in [6.07, 6.45) is 1.19. The summed E-state index contributed by atoms with van der Waals surface area (Å²) < 4.78 is 5.15. The number of anilines is 1. The van der Waals surface area contributed by atoms with Gasteiger partial charge < -0.3 is 20.7 Å². The number of methoxy groups -OCH3 is 1. The monoisotopic (exact) mass is 369 g/mol. The van der Waals surface area contributed by atoms with Crippen molar-refractivity contribution in [1.82, 2.24) is 15.6 Å². The van der Waals surface area contributed by atoms with Crippen LogP contribution in [0.25, 0.3) is 0 Å². The highest BCUT2D eigenvalue weighted by Crippen LogP contribution is 2.11. The highest BCUT2D eigenvalue weighted by Gasteiger charge is 2.04. The number of amides is 1. The minimum Gasteiger partial charge on any atom is -0.497 e. The van der Waals surface area contributed by atoms with E-state index in [9.17, 15) is 4.79 Å². The van der Waals surface area contributed by atoms with E-state index in [0.717, 1.165) is 24.4 Å². The summed E-state index contributed by atoms with van der Waals surface area (Å²) in [7, 11) is 3.36. The molecule has 1 amide bonds. The molecule has 144 valence electrons. The third kappa shape index (κ3) is 7.35. The maximum absolute atomic E-state index is 12.0. The second-order valence-electron chi connectivity index (χ2n) is 5.99. The van der Waals surface area contributed by atoms with Crippen LogP contribution in [-0.4, -0.2) is 44.1 Å². The number of nitrogens with one attached hydrogen (secondary N) is 3. The summed E-state index contributed by atoms with van der Waals surface area (Å²) in [4.78, 5) is 20.4. The van der Waals surface area contributed by atoms with Crippen molar-refractivity contribution in [3.05, 3.63) is 53.7 Å². The molecule has 0 fully saturated rings. The summed E-state index contributed by atoms with van der Waals surface area (Å²) >= 11 is 0. The lowest BCUT2D eigenvalue weighted by Crippen LogP contribution is -2.39. The third-order valence-corrected chi connectivity index (χ3v) is 3.89. The number of aliphatic imine (C=N–C) groups is 1. The molecule has 1 aromatic carbocycles. The van der Waals surface area contributed by atoms with Crippen LogP contribution in [0.2, 0.25) is 0 Å². The van der Waals surface area contributed by atoms with E-state index in [4.69, 9.17) is 4.74 Å². The molecule has 0 aliphatic carbocycles. The smallest absolute Gasteiger partial charge is 0.227 e. The number of hydrogen-bond donors (Lipinski definition) is 3. The first-order valence-electron chi connectivity index (χ1n) is 8.91.